The van der Waals surface area contributed by atoms with Crippen LogP contribution in [-0.4, -0.2) is 135 Å². The van der Waals surface area contributed by atoms with E-state index in [1.54, 1.807) is 39.6 Å². The fraction of sp³-hybridized carbons (Fsp3) is 0.760. The second-order valence-corrected chi connectivity index (χ2v) is 23.0. The van der Waals surface area contributed by atoms with Gasteiger partial charge in [-0.25, -0.2) is 9.78 Å². The summed E-state index contributed by atoms with van der Waals surface area (Å²) in [6.07, 6.45) is -4.06. The lowest BCUT2D eigenvalue weighted by atomic mass is 9.80. The Morgan fingerprint density at radius 1 is 0.859 bits per heavy atom. The highest BCUT2D eigenvalue weighted by Gasteiger charge is 2.49. The SMILES string of the molecule is CCC[C@@H](C)[C@H](OC(C)=O)[C@H](C)[C@H]1OC(=O)[C@H](C(C)OC(C)=O)NC(=O)[C@H](C(C)C)OC(=O)[C@H](C)[C@H](OC(C)=O)[C@H]([C@@H](C)CC)NC(=O)[C@@]2(C)CSC(=N2)[C@@]2(C)CSC(=N2)c2csc(n2)C[C@H](OC)[C@@H]1C. The number of rotatable bonds is 13. The molecule has 0 fully saturated rings. The zero-order valence-electron chi connectivity index (χ0n) is 44.3. The van der Waals surface area contributed by atoms with Crippen molar-refractivity contribution in [1.29, 1.82) is 0 Å². The van der Waals surface area contributed by atoms with Crippen LogP contribution < -0.4 is 10.6 Å². The summed E-state index contributed by atoms with van der Waals surface area (Å²) in [4.78, 5) is 111. The standard InChI is InChI=1S/C50H77N5O13S3/c1-17-19-26(6)40(65-32(12)57)28(8)41-27(7)35(63-16)20-36-51-34(21-69-36)44-54-50(15,23-70-44)48-55-49(14,22-71-48)47(62)53-37(25(5)18-2)42(66-33(13)58)29(9)45(60)67-39(24(3)4)43(59)52-38(46(61)68-41)30(10)64-31(11)56/h21,24-30,35,37-42H,17-20,22-23H2,1-16H3,(H,52,59)(H,53,62)/t25-,26+,27-,28-,29+,30?,35-,37-,38-,39-,40-,41-,42-,49+,50+/m0/s1. The predicted molar refractivity (Wildman–Crippen MR) is 274 cm³/mol. The number of carbonyl (C=O) groups is 7. The minimum absolute atomic E-state index is 0.155. The Bertz CT molecular complexity index is 2150. The highest BCUT2D eigenvalue weighted by molar-refractivity contribution is 8.16. The van der Waals surface area contributed by atoms with Crippen molar-refractivity contribution in [2.24, 2.45) is 45.5 Å². The number of aliphatic imine (C=N–C) groups is 2. The van der Waals surface area contributed by atoms with Gasteiger partial charge in [0.1, 0.15) is 46.2 Å². The van der Waals surface area contributed by atoms with Gasteiger partial charge in [0.25, 0.3) is 5.91 Å². The Kier molecular flexibility index (Phi) is 21.6. The van der Waals surface area contributed by atoms with Gasteiger partial charge in [0.05, 0.1) is 28.1 Å². The Morgan fingerprint density at radius 2 is 1.51 bits per heavy atom. The van der Waals surface area contributed by atoms with Crippen molar-refractivity contribution in [2.45, 2.75) is 189 Å². The Morgan fingerprint density at radius 3 is 2.08 bits per heavy atom. The van der Waals surface area contributed by atoms with E-state index in [4.69, 9.17) is 43.4 Å². The molecule has 398 valence electrons. The average molecular weight is 1050 g/mol. The number of aromatic nitrogens is 1. The lowest BCUT2D eigenvalue weighted by Crippen LogP contribution is -2.58. The number of amides is 2. The molecule has 6 bridgehead atoms. The van der Waals surface area contributed by atoms with E-state index in [1.807, 2.05) is 53.8 Å². The van der Waals surface area contributed by atoms with Crippen LogP contribution >= 0.6 is 34.9 Å². The number of carbonyl (C=O) groups excluding carboxylic acids is 7. The van der Waals surface area contributed by atoms with E-state index < -0.39 is 125 Å². The molecule has 2 N–H and O–H groups in total. The number of cyclic esters (lactones) is 2. The Labute approximate surface area is 431 Å². The molecule has 4 rings (SSSR count). The summed E-state index contributed by atoms with van der Waals surface area (Å²) in [5.41, 5.74) is -1.33. The third-order valence-electron chi connectivity index (χ3n) is 13.6. The van der Waals surface area contributed by atoms with E-state index in [9.17, 15) is 33.6 Å². The summed E-state index contributed by atoms with van der Waals surface area (Å²) in [7, 11) is 1.55. The van der Waals surface area contributed by atoms with Gasteiger partial charge in [-0.3, -0.25) is 38.8 Å². The molecule has 71 heavy (non-hydrogen) atoms. The molecule has 18 nitrogen and oxygen atoms in total. The van der Waals surface area contributed by atoms with Crippen molar-refractivity contribution < 1.29 is 62.0 Å². The number of nitrogens with one attached hydrogen (secondary N) is 2. The molecule has 4 heterocycles. The Hall–Kier alpha value is -4.08. The van der Waals surface area contributed by atoms with Crippen LogP contribution in [0.15, 0.2) is 15.4 Å². The smallest absolute Gasteiger partial charge is 0.332 e. The number of fused-ring (bicyclic) bond motifs is 6. The monoisotopic (exact) mass is 1050 g/mol. The number of esters is 5. The van der Waals surface area contributed by atoms with Gasteiger partial charge < -0.3 is 39.1 Å². The van der Waals surface area contributed by atoms with E-state index in [2.05, 4.69) is 10.6 Å². The molecule has 1 unspecified atom stereocenters. The van der Waals surface area contributed by atoms with Crippen molar-refractivity contribution in [3.63, 3.8) is 0 Å². The minimum Gasteiger partial charge on any atom is -0.462 e. The summed E-state index contributed by atoms with van der Waals surface area (Å²) in [6, 6.07) is -2.52. The summed E-state index contributed by atoms with van der Waals surface area (Å²) < 4.78 is 35.9. The number of thiazole rings is 1. The molecule has 3 aliphatic rings. The number of ether oxygens (including phenoxy) is 6. The first-order chi connectivity index (χ1) is 33.2. The maximum Gasteiger partial charge on any atom is 0.332 e. The number of thioether (sulfide) groups is 2. The zero-order chi connectivity index (χ0) is 53.3. The predicted octanol–water partition coefficient (Wildman–Crippen LogP) is 6.53. The van der Waals surface area contributed by atoms with E-state index >= 15 is 0 Å². The van der Waals surface area contributed by atoms with E-state index in [-0.39, 0.29) is 11.8 Å². The Balaban J connectivity index is 1.92. The molecule has 0 radical (unpaired) electrons. The molecule has 0 aromatic carbocycles. The van der Waals surface area contributed by atoms with Crippen LogP contribution in [0.25, 0.3) is 0 Å². The normalized spacial score (nSPS) is 31.3. The van der Waals surface area contributed by atoms with Crippen LogP contribution in [0.4, 0.5) is 0 Å². The van der Waals surface area contributed by atoms with Crippen LogP contribution in [0.5, 0.6) is 0 Å². The van der Waals surface area contributed by atoms with Gasteiger partial charge in [0, 0.05) is 63.0 Å². The molecule has 0 saturated heterocycles. The minimum atomic E-state index is -1.63. The topological polar surface area (TPSA) is 237 Å². The summed E-state index contributed by atoms with van der Waals surface area (Å²) in [6.45, 7) is 25.1. The third-order valence-corrected chi connectivity index (χ3v) is 17.3. The van der Waals surface area contributed by atoms with Gasteiger partial charge in [-0.1, -0.05) is 68.2 Å². The van der Waals surface area contributed by atoms with Crippen molar-refractivity contribution in [3.8, 4) is 0 Å². The second-order valence-electron chi connectivity index (χ2n) is 20.2. The van der Waals surface area contributed by atoms with Crippen molar-refractivity contribution in [2.75, 3.05) is 18.6 Å². The average Bonchev–Trinajstić information content (AvgIpc) is 4.06. The first-order valence-electron chi connectivity index (χ1n) is 24.7. The fourth-order valence-electron chi connectivity index (χ4n) is 9.22. The van der Waals surface area contributed by atoms with Gasteiger partial charge in [-0.15, -0.1) is 34.9 Å². The summed E-state index contributed by atoms with van der Waals surface area (Å²) >= 11 is 4.42. The second kappa shape index (κ2) is 25.7. The molecule has 1 aromatic heterocycles. The fourth-order valence-corrected chi connectivity index (χ4v) is 12.7. The largest absolute Gasteiger partial charge is 0.462 e. The van der Waals surface area contributed by atoms with Gasteiger partial charge in [-0.2, -0.15) is 0 Å². The van der Waals surface area contributed by atoms with Crippen molar-refractivity contribution in [3.05, 3.63) is 16.1 Å². The van der Waals surface area contributed by atoms with Crippen LogP contribution in [0.1, 0.15) is 134 Å². The van der Waals surface area contributed by atoms with E-state index in [0.717, 1.165) is 18.4 Å². The van der Waals surface area contributed by atoms with E-state index in [1.165, 1.54) is 50.8 Å². The molecule has 15 atom stereocenters. The molecular weight excluding hydrogens is 975 g/mol. The van der Waals surface area contributed by atoms with Crippen molar-refractivity contribution >= 4 is 86.6 Å². The molecule has 1 aromatic rings. The van der Waals surface area contributed by atoms with Crippen LogP contribution in [-0.2, 0) is 68.4 Å². The van der Waals surface area contributed by atoms with Gasteiger partial charge in [-0.05, 0) is 51.9 Å². The van der Waals surface area contributed by atoms with Gasteiger partial charge in [0.15, 0.2) is 12.1 Å². The quantitative estimate of drug-likeness (QED) is 0.158. The number of hydrogen-bond acceptors (Lipinski definition) is 19. The van der Waals surface area contributed by atoms with Gasteiger partial charge >= 0.3 is 29.8 Å². The van der Waals surface area contributed by atoms with E-state index in [0.29, 0.717) is 46.5 Å². The third kappa shape index (κ3) is 15.0. The molecule has 21 heteroatoms. The lowest BCUT2D eigenvalue weighted by molar-refractivity contribution is -0.177. The van der Waals surface area contributed by atoms with Crippen LogP contribution in [0, 0.1) is 35.5 Å². The highest BCUT2D eigenvalue weighted by Crippen LogP contribution is 2.41. The van der Waals surface area contributed by atoms with Crippen LogP contribution in [0.3, 0.4) is 0 Å². The molecule has 3 aliphatic heterocycles. The molecule has 2 amide bonds. The maximum absolute atomic E-state index is 14.8. The van der Waals surface area contributed by atoms with Crippen molar-refractivity contribution in [1.82, 2.24) is 15.6 Å². The summed E-state index contributed by atoms with van der Waals surface area (Å²) in [5.74, 6) is -7.88. The molecule has 0 aliphatic carbocycles. The molecule has 0 saturated carbocycles. The first kappa shape index (κ1) is 59.5. The number of nitrogens with zero attached hydrogens (tertiary/aromatic N) is 3. The zero-order valence-corrected chi connectivity index (χ0v) is 46.7. The van der Waals surface area contributed by atoms with Crippen LogP contribution in [0.2, 0.25) is 0 Å². The first-order valence-corrected chi connectivity index (χ1v) is 27.5. The molecular formula is C50H77N5O13S3. The number of methoxy groups -OCH3 is 1. The maximum atomic E-state index is 14.8. The molecule has 0 spiro atoms. The summed E-state index contributed by atoms with van der Waals surface area (Å²) in [5, 5.41) is 9.81. The lowest BCUT2D eigenvalue weighted by Gasteiger charge is -2.39. The highest BCUT2D eigenvalue weighted by atomic mass is 32.2. The van der Waals surface area contributed by atoms with Gasteiger partial charge in [0.2, 0.25) is 5.91 Å². The number of hydrogen-bond donors (Lipinski definition) is 2.